The number of hydrogen-bond acceptors (Lipinski definition) is 7. The Balaban J connectivity index is 0.000000209. The number of nitrogens with zero attached hydrogens (tertiary/aromatic N) is 2. The van der Waals surface area contributed by atoms with E-state index in [1.54, 1.807) is 34.8 Å². The monoisotopic (exact) mass is 730 g/mol. The maximum Gasteiger partial charge on any atom is 0.255 e. The Morgan fingerprint density at radius 2 is 1.35 bits per heavy atom. The molecule has 270 valence electrons. The molecule has 0 unspecified atom stereocenters. The molecule has 0 spiro atoms. The fourth-order valence-electron chi connectivity index (χ4n) is 5.18. The summed E-state index contributed by atoms with van der Waals surface area (Å²) in [6.07, 6.45) is 4.70. The van der Waals surface area contributed by atoms with Crippen LogP contribution in [0.25, 0.3) is 41.6 Å². The number of amides is 1. The number of hydrogen-bond donors (Lipinski definition) is 3. The van der Waals surface area contributed by atoms with Gasteiger partial charge in [0.25, 0.3) is 5.91 Å². The number of unbranched alkanes of at least 4 members (excludes halogenated alkanes) is 1. The first-order valence-corrected chi connectivity index (χ1v) is 19.7. The highest BCUT2D eigenvalue weighted by Gasteiger charge is 2.11. The number of carbonyl (C=O) groups is 1. The van der Waals surface area contributed by atoms with Crippen LogP contribution in [0.15, 0.2) is 109 Å². The molecule has 0 bridgehead atoms. The fraction of sp³-hybridized carbons (Fsp3) is 0.250. The van der Waals surface area contributed by atoms with Gasteiger partial charge in [0.1, 0.15) is 15.8 Å². The number of anilines is 2. The molecule has 7 aromatic rings. The number of phenolic OH excluding ortho intramolecular Hbond substituents is 1. The number of fused-ring (bicyclic) bond motifs is 2. The van der Waals surface area contributed by atoms with Gasteiger partial charge < -0.3 is 15.7 Å². The molecule has 1 amide bonds. The first-order chi connectivity index (χ1) is 25.3. The van der Waals surface area contributed by atoms with E-state index in [1.807, 2.05) is 101 Å². The number of aromatic hydroxyl groups is 1. The van der Waals surface area contributed by atoms with Crippen LogP contribution in [-0.4, -0.2) is 28.0 Å². The van der Waals surface area contributed by atoms with E-state index in [2.05, 4.69) is 65.6 Å². The highest BCUT2D eigenvalue weighted by Crippen LogP contribution is 2.34. The summed E-state index contributed by atoms with van der Waals surface area (Å²) >= 11 is 3.29. The average Bonchev–Trinajstić information content (AvgIpc) is 3.80. The highest BCUT2D eigenvalue weighted by molar-refractivity contribution is 7.22. The van der Waals surface area contributed by atoms with Gasteiger partial charge in [-0.3, -0.25) is 4.79 Å². The third kappa shape index (κ3) is 10.7. The molecule has 0 aliphatic heterocycles. The summed E-state index contributed by atoms with van der Waals surface area (Å²) in [6.45, 7) is 12.5. The van der Waals surface area contributed by atoms with Crippen molar-refractivity contribution in [1.29, 1.82) is 0 Å². The number of thiazole rings is 2. The zero-order valence-corrected chi connectivity index (χ0v) is 32.9. The van der Waals surface area contributed by atoms with E-state index in [9.17, 15) is 9.90 Å². The van der Waals surface area contributed by atoms with Gasteiger partial charge >= 0.3 is 0 Å². The average molecular weight is 731 g/mol. The van der Waals surface area contributed by atoms with Crippen molar-refractivity contribution < 1.29 is 9.90 Å². The summed E-state index contributed by atoms with van der Waals surface area (Å²) < 4.78 is 2.19. The smallest absolute Gasteiger partial charge is 0.255 e. The number of para-hydroxylation sites is 1. The quantitative estimate of drug-likeness (QED) is 0.145. The summed E-state index contributed by atoms with van der Waals surface area (Å²) in [5.41, 5.74) is 9.23. The molecule has 0 aliphatic carbocycles. The maximum atomic E-state index is 12.3. The molecule has 2 heterocycles. The summed E-state index contributed by atoms with van der Waals surface area (Å²) in [6, 6.07) is 35.2. The molecule has 7 rings (SSSR count). The Hall–Kier alpha value is -5.05. The van der Waals surface area contributed by atoms with Crippen molar-refractivity contribution in [3.63, 3.8) is 0 Å². The first-order valence-electron chi connectivity index (χ1n) is 18.1. The van der Waals surface area contributed by atoms with Gasteiger partial charge in [0.15, 0.2) is 0 Å². The largest absolute Gasteiger partial charge is 0.508 e. The van der Waals surface area contributed by atoms with Crippen molar-refractivity contribution in [2.75, 3.05) is 17.7 Å². The van der Waals surface area contributed by atoms with Crippen LogP contribution in [0.2, 0.25) is 0 Å². The van der Waals surface area contributed by atoms with E-state index >= 15 is 0 Å². The summed E-state index contributed by atoms with van der Waals surface area (Å²) in [7, 11) is 1.96. The van der Waals surface area contributed by atoms with Crippen LogP contribution in [0, 0.1) is 6.92 Å². The minimum Gasteiger partial charge on any atom is -0.508 e. The van der Waals surface area contributed by atoms with Crippen molar-refractivity contribution in [3.05, 3.63) is 126 Å². The number of nitrogens with one attached hydrogen (secondary N) is 2. The molecule has 0 fully saturated rings. The second-order valence-corrected chi connectivity index (χ2v) is 14.0. The first kappa shape index (κ1) is 39.7. The molecule has 52 heavy (non-hydrogen) atoms. The van der Waals surface area contributed by atoms with Crippen LogP contribution in [0.4, 0.5) is 11.4 Å². The molecule has 0 saturated heterocycles. The lowest BCUT2D eigenvalue weighted by Gasteiger charge is -2.10. The Bertz CT molecular complexity index is 2120. The van der Waals surface area contributed by atoms with Crippen molar-refractivity contribution in [2.45, 2.75) is 67.2 Å². The number of rotatable bonds is 8. The minimum atomic E-state index is -0.104. The summed E-state index contributed by atoms with van der Waals surface area (Å²) in [4.78, 5) is 21.6. The Kier molecular flexibility index (Phi) is 15.4. The van der Waals surface area contributed by atoms with Crippen molar-refractivity contribution in [1.82, 2.24) is 9.97 Å². The highest BCUT2D eigenvalue weighted by atomic mass is 32.1. The van der Waals surface area contributed by atoms with Crippen molar-refractivity contribution >= 4 is 60.4 Å². The van der Waals surface area contributed by atoms with Gasteiger partial charge in [-0.1, -0.05) is 77.3 Å². The summed E-state index contributed by atoms with van der Waals surface area (Å²) in [5.74, 6) is 0.185. The van der Waals surface area contributed by atoms with Gasteiger partial charge in [-0.05, 0) is 110 Å². The predicted octanol–water partition coefficient (Wildman–Crippen LogP) is 13.0. The molecule has 3 N–H and O–H groups in total. The Labute approximate surface area is 316 Å². The van der Waals surface area contributed by atoms with Gasteiger partial charge in [0, 0.05) is 35.1 Å². The fourth-order valence-corrected chi connectivity index (χ4v) is 7.15. The third-order valence-corrected chi connectivity index (χ3v) is 9.94. The lowest BCUT2D eigenvalue weighted by Crippen LogP contribution is -2.11. The van der Waals surface area contributed by atoms with E-state index in [1.165, 1.54) is 35.2 Å². The van der Waals surface area contributed by atoms with E-state index in [4.69, 9.17) is 0 Å². The summed E-state index contributed by atoms with van der Waals surface area (Å²) in [5, 5.41) is 17.8. The topological polar surface area (TPSA) is 87.1 Å². The van der Waals surface area contributed by atoms with Crippen LogP contribution >= 0.6 is 22.7 Å². The second kappa shape index (κ2) is 20.1. The van der Waals surface area contributed by atoms with Gasteiger partial charge in [-0.15, -0.1) is 22.7 Å². The van der Waals surface area contributed by atoms with Crippen LogP contribution in [0.5, 0.6) is 5.75 Å². The second-order valence-electron chi connectivity index (χ2n) is 12.0. The molecular formula is C44H50N4O2S2. The van der Waals surface area contributed by atoms with Crippen molar-refractivity contribution in [3.8, 4) is 26.9 Å². The van der Waals surface area contributed by atoms with Crippen LogP contribution in [0.1, 0.15) is 75.4 Å². The lowest BCUT2D eigenvalue weighted by atomic mass is 10.0. The maximum absolute atomic E-state index is 12.3. The Morgan fingerprint density at radius 3 is 2.00 bits per heavy atom. The van der Waals surface area contributed by atoms with Gasteiger partial charge in [0.05, 0.1) is 20.4 Å². The van der Waals surface area contributed by atoms with Crippen LogP contribution in [0.3, 0.4) is 0 Å². The molecule has 8 heteroatoms. The standard InChI is InChI=1S/C21H16N2OS.C18H20N2OS.C3H8.C2H6/c1-14-6-8-15(9-7-14)20(24)22-17-12-10-16(11-13-17)21-23-18-4-2-3-5-19(18)25-21;1-3-4-5-12-10-13(6-8-15(12)19-2)18-20-16-9-7-14(21)11-17(16)22-18;1-3-2;1-2/h2-13H,1H3,(H,22,24);6-11,19,21H,3-5H2,1-2H3;3H2,1-2H3;1-2H3. The molecule has 0 radical (unpaired) electrons. The number of aromatic nitrogens is 2. The van der Waals surface area contributed by atoms with Crippen molar-refractivity contribution in [2.24, 2.45) is 0 Å². The van der Waals surface area contributed by atoms with Gasteiger partial charge in [-0.25, -0.2) is 9.97 Å². The molecule has 2 aromatic heterocycles. The number of phenols is 1. The SMILES string of the molecule is CC.CCC.CCCCc1cc(-c2nc3ccc(O)cc3s2)ccc1NC.Cc1ccc(C(=O)Nc2ccc(-c3nc4ccccc4s3)cc2)cc1. The lowest BCUT2D eigenvalue weighted by molar-refractivity contribution is 0.102. The van der Waals surface area contributed by atoms with E-state index in [0.29, 0.717) is 5.56 Å². The number of benzene rings is 5. The normalized spacial score (nSPS) is 10.3. The molecule has 6 nitrogen and oxygen atoms in total. The molecule has 0 aliphatic rings. The molecule has 0 saturated carbocycles. The number of aryl methyl sites for hydroxylation is 2. The third-order valence-electron chi connectivity index (χ3n) is 7.79. The van der Waals surface area contributed by atoms with Gasteiger partial charge in [0.2, 0.25) is 0 Å². The van der Waals surface area contributed by atoms with E-state index in [-0.39, 0.29) is 11.7 Å². The zero-order chi connectivity index (χ0) is 37.5. The van der Waals surface area contributed by atoms with E-state index < -0.39 is 0 Å². The van der Waals surface area contributed by atoms with Crippen LogP contribution < -0.4 is 10.6 Å². The zero-order valence-electron chi connectivity index (χ0n) is 31.3. The minimum absolute atomic E-state index is 0.104. The van der Waals surface area contributed by atoms with E-state index in [0.717, 1.165) is 54.5 Å². The molecule has 0 atom stereocenters. The molecule has 5 aromatic carbocycles. The number of carbonyl (C=O) groups excluding carboxylic acids is 1. The van der Waals surface area contributed by atoms with Gasteiger partial charge in [-0.2, -0.15) is 0 Å². The molecular weight excluding hydrogens is 681 g/mol. The predicted molar refractivity (Wildman–Crippen MR) is 226 cm³/mol. The van der Waals surface area contributed by atoms with Crippen LogP contribution in [-0.2, 0) is 6.42 Å². The Morgan fingerprint density at radius 1 is 0.731 bits per heavy atom.